The summed E-state index contributed by atoms with van der Waals surface area (Å²) in [6.07, 6.45) is 78.8. The normalized spacial score (nSPS) is 12.2. The summed E-state index contributed by atoms with van der Waals surface area (Å²) in [7, 11) is 0. The first-order valence-corrected chi connectivity index (χ1v) is 33.5. The molecular formula is C69H128O6. The Bertz CT molecular complexity index is 1250. The second-order valence-electron chi connectivity index (χ2n) is 22.7. The molecule has 1 unspecified atom stereocenters. The van der Waals surface area contributed by atoms with Crippen LogP contribution < -0.4 is 0 Å². The summed E-state index contributed by atoms with van der Waals surface area (Å²) in [5.41, 5.74) is 0. The monoisotopic (exact) mass is 1050 g/mol. The third-order valence-electron chi connectivity index (χ3n) is 15.1. The quantitative estimate of drug-likeness (QED) is 0.0261. The van der Waals surface area contributed by atoms with Gasteiger partial charge in [0.25, 0.3) is 0 Å². The third-order valence-corrected chi connectivity index (χ3v) is 15.1. The summed E-state index contributed by atoms with van der Waals surface area (Å²) in [6.45, 7) is 6.69. The molecule has 440 valence electrons. The zero-order valence-corrected chi connectivity index (χ0v) is 50.6. The van der Waals surface area contributed by atoms with Gasteiger partial charge in [0, 0.05) is 19.3 Å². The highest BCUT2D eigenvalue weighted by Crippen LogP contribution is 2.18. The van der Waals surface area contributed by atoms with Gasteiger partial charge in [-0.05, 0) is 57.8 Å². The standard InChI is InChI=1S/C69H128O6/c1-4-7-10-13-16-19-22-25-27-29-30-31-32-33-34-35-36-37-38-39-40-41-43-44-47-50-53-56-59-62-68(71)74-65-66(64-73-67(70)61-58-55-52-49-46-24-21-18-15-12-9-6-3)75-69(72)63-60-57-54-51-48-45-42-28-26-23-20-17-14-11-8-5-2/h22,25,29-30,32-33,66H,4-21,23-24,26-28,31,34-65H2,1-3H3/b25-22-,30-29-,33-32-. The van der Waals surface area contributed by atoms with Crippen LogP contribution in [0.4, 0.5) is 0 Å². The van der Waals surface area contributed by atoms with Crippen molar-refractivity contribution in [2.45, 2.75) is 374 Å². The molecule has 1 atom stereocenters. The van der Waals surface area contributed by atoms with Gasteiger partial charge in [-0.25, -0.2) is 0 Å². The second kappa shape index (κ2) is 64.2. The zero-order chi connectivity index (χ0) is 54.3. The SMILES string of the molecule is CCCCCCC/C=C\C/C=C\C/C=C\CCCCCCCCCCCCCCCCC(=O)OCC(COC(=O)CCCCCCCCCCCCCC)OC(=O)CCCCCCCCCCCCCCCCCC. The molecule has 0 fully saturated rings. The van der Waals surface area contributed by atoms with Gasteiger partial charge in [-0.1, -0.05) is 327 Å². The number of ether oxygens (including phenoxy) is 3. The van der Waals surface area contributed by atoms with Gasteiger partial charge in [0.2, 0.25) is 0 Å². The molecule has 0 aromatic heterocycles. The highest BCUT2D eigenvalue weighted by atomic mass is 16.6. The first kappa shape index (κ1) is 72.6. The molecule has 0 aliphatic heterocycles. The molecule has 0 amide bonds. The van der Waals surface area contributed by atoms with Crippen LogP contribution in [0.3, 0.4) is 0 Å². The topological polar surface area (TPSA) is 78.9 Å². The summed E-state index contributed by atoms with van der Waals surface area (Å²) in [5.74, 6) is -0.840. The van der Waals surface area contributed by atoms with Crippen molar-refractivity contribution in [1.82, 2.24) is 0 Å². The van der Waals surface area contributed by atoms with Crippen LogP contribution in [-0.2, 0) is 28.6 Å². The Balaban J connectivity index is 4.16. The van der Waals surface area contributed by atoms with Gasteiger partial charge < -0.3 is 14.2 Å². The van der Waals surface area contributed by atoms with Crippen molar-refractivity contribution in [2.75, 3.05) is 13.2 Å². The van der Waals surface area contributed by atoms with Crippen molar-refractivity contribution >= 4 is 17.9 Å². The van der Waals surface area contributed by atoms with E-state index in [-0.39, 0.29) is 31.1 Å². The van der Waals surface area contributed by atoms with E-state index in [1.54, 1.807) is 0 Å². The molecule has 0 bridgehead atoms. The lowest BCUT2D eigenvalue weighted by Gasteiger charge is -2.18. The van der Waals surface area contributed by atoms with E-state index in [1.165, 1.54) is 257 Å². The molecule has 0 spiro atoms. The maximum absolute atomic E-state index is 12.9. The van der Waals surface area contributed by atoms with Crippen LogP contribution in [0.1, 0.15) is 367 Å². The van der Waals surface area contributed by atoms with Gasteiger partial charge in [0.05, 0.1) is 0 Å². The molecule has 0 saturated heterocycles. The number of carbonyl (C=O) groups excluding carboxylic acids is 3. The minimum atomic E-state index is -0.767. The third kappa shape index (κ3) is 62.4. The van der Waals surface area contributed by atoms with Gasteiger partial charge in [0.1, 0.15) is 13.2 Å². The molecule has 6 heteroatoms. The highest BCUT2D eigenvalue weighted by Gasteiger charge is 2.19. The van der Waals surface area contributed by atoms with E-state index in [0.29, 0.717) is 19.3 Å². The fourth-order valence-electron chi connectivity index (χ4n) is 10.1. The molecule has 0 aromatic carbocycles. The number of rotatable bonds is 62. The first-order chi connectivity index (χ1) is 37.0. The molecule has 0 N–H and O–H groups in total. The lowest BCUT2D eigenvalue weighted by molar-refractivity contribution is -0.167. The van der Waals surface area contributed by atoms with Gasteiger partial charge in [0.15, 0.2) is 6.10 Å². The van der Waals surface area contributed by atoms with Crippen LogP contribution in [0.15, 0.2) is 36.5 Å². The maximum atomic E-state index is 12.9. The van der Waals surface area contributed by atoms with Gasteiger partial charge in [-0.2, -0.15) is 0 Å². The highest BCUT2D eigenvalue weighted by molar-refractivity contribution is 5.71. The Hall–Kier alpha value is -2.37. The van der Waals surface area contributed by atoms with Crippen LogP contribution in [0.5, 0.6) is 0 Å². The van der Waals surface area contributed by atoms with Crippen LogP contribution in [0.25, 0.3) is 0 Å². The number of unbranched alkanes of at least 4 members (excludes halogenated alkanes) is 45. The van der Waals surface area contributed by atoms with E-state index in [9.17, 15) is 14.4 Å². The summed E-state index contributed by atoms with van der Waals surface area (Å²) < 4.78 is 16.9. The summed E-state index contributed by atoms with van der Waals surface area (Å²) >= 11 is 0. The predicted molar refractivity (Wildman–Crippen MR) is 326 cm³/mol. The number of allylic oxidation sites excluding steroid dienone is 6. The number of esters is 3. The van der Waals surface area contributed by atoms with E-state index < -0.39 is 6.10 Å². The molecule has 0 saturated carbocycles. The van der Waals surface area contributed by atoms with Crippen molar-refractivity contribution in [3.63, 3.8) is 0 Å². The van der Waals surface area contributed by atoms with E-state index in [4.69, 9.17) is 14.2 Å². The lowest BCUT2D eigenvalue weighted by Crippen LogP contribution is -2.30. The molecule has 0 aliphatic rings. The Labute approximate surface area is 467 Å². The maximum Gasteiger partial charge on any atom is 0.306 e. The number of hydrogen-bond donors (Lipinski definition) is 0. The van der Waals surface area contributed by atoms with Crippen molar-refractivity contribution in [2.24, 2.45) is 0 Å². The lowest BCUT2D eigenvalue weighted by atomic mass is 10.0. The number of carbonyl (C=O) groups is 3. The molecule has 0 aromatic rings. The number of hydrogen-bond acceptors (Lipinski definition) is 6. The van der Waals surface area contributed by atoms with Crippen LogP contribution in [0, 0.1) is 0 Å². The smallest absolute Gasteiger partial charge is 0.306 e. The van der Waals surface area contributed by atoms with Gasteiger partial charge in [-0.3, -0.25) is 14.4 Å². The Morgan fingerprint density at radius 1 is 0.267 bits per heavy atom. The van der Waals surface area contributed by atoms with Crippen LogP contribution >= 0.6 is 0 Å². The average Bonchev–Trinajstić information content (AvgIpc) is 3.41. The fourth-order valence-corrected chi connectivity index (χ4v) is 10.1. The van der Waals surface area contributed by atoms with E-state index in [0.717, 1.165) is 70.6 Å². The van der Waals surface area contributed by atoms with E-state index >= 15 is 0 Å². The van der Waals surface area contributed by atoms with Crippen LogP contribution in [-0.4, -0.2) is 37.2 Å². The van der Waals surface area contributed by atoms with Crippen molar-refractivity contribution in [3.8, 4) is 0 Å². The molecular weight excluding hydrogens is 925 g/mol. The largest absolute Gasteiger partial charge is 0.462 e. The molecule has 0 rings (SSSR count). The average molecular weight is 1050 g/mol. The van der Waals surface area contributed by atoms with Crippen LogP contribution in [0.2, 0.25) is 0 Å². The fraction of sp³-hybridized carbons (Fsp3) is 0.870. The molecule has 0 aliphatic carbocycles. The Morgan fingerprint density at radius 3 is 0.747 bits per heavy atom. The van der Waals surface area contributed by atoms with Gasteiger partial charge in [-0.15, -0.1) is 0 Å². The summed E-state index contributed by atoms with van der Waals surface area (Å²) in [5, 5.41) is 0. The first-order valence-electron chi connectivity index (χ1n) is 33.5. The summed E-state index contributed by atoms with van der Waals surface area (Å²) in [4.78, 5) is 38.3. The van der Waals surface area contributed by atoms with Crippen molar-refractivity contribution in [1.29, 1.82) is 0 Å². The summed E-state index contributed by atoms with van der Waals surface area (Å²) in [6, 6.07) is 0. The van der Waals surface area contributed by atoms with E-state index in [1.807, 2.05) is 0 Å². The minimum Gasteiger partial charge on any atom is -0.462 e. The zero-order valence-electron chi connectivity index (χ0n) is 50.6. The van der Waals surface area contributed by atoms with Crippen molar-refractivity contribution < 1.29 is 28.6 Å². The molecule has 0 radical (unpaired) electrons. The van der Waals surface area contributed by atoms with E-state index in [2.05, 4.69) is 57.2 Å². The van der Waals surface area contributed by atoms with Crippen molar-refractivity contribution in [3.05, 3.63) is 36.5 Å². The second-order valence-corrected chi connectivity index (χ2v) is 22.7. The molecule has 75 heavy (non-hydrogen) atoms. The minimum absolute atomic E-state index is 0.0656. The molecule has 6 nitrogen and oxygen atoms in total. The Morgan fingerprint density at radius 2 is 0.480 bits per heavy atom. The van der Waals surface area contributed by atoms with Gasteiger partial charge >= 0.3 is 17.9 Å². The Kier molecular flexibility index (Phi) is 62.1. The molecule has 0 heterocycles. The predicted octanol–water partition coefficient (Wildman–Crippen LogP) is 22.8.